The second-order valence-electron chi connectivity index (χ2n) is 5.52. The molecule has 1 saturated carbocycles. The average Bonchev–Trinajstić information content (AvgIpc) is 2.56. The highest BCUT2D eigenvalue weighted by Gasteiger charge is 2.37. The van der Waals surface area contributed by atoms with Crippen LogP contribution in [0.4, 0.5) is 8.78 Å². The Morgan fingerprint density at radius 2 is 1.88 bits per heavy atom. The highest BCUT2D eigenvalue weighted by atomic mass is 19.3. The molecular weight excluding hydrogens is 222 g/mol. The van der Waals surface area contributed by atoms with Gasteiger partial charge in [0.05, 0.1) is 6.10 Å². The summed E-state index contributed by atoms with van der Waals surface area (Å²) >= 11 is 0. The summed E-state index contributed by atoms with van der Waals surface area (Å²) in [6, 6.07) is 0. The Balaban J connectivity index is 1.91. The summed E-state index contributed by atoms with van der Waals surface area (Å²) in [4.78, 5) is 0. The molecule has 1 atom stereocenters. The molecule has 1 N–H and O–H groups in total. The first-order valence-corrected chi connectivity index (χ1v) is 6.83. The Bertz CT molecular complexity index is 276. The third-order valence-corrected chi connectivity index (χ3v) is 4.16. The fourth-order valence-corrected chi connectivity index (χ4v) is 2.99. The van der Waals surface area contributed by atoms with Crippen molar-refractivity contribution < 1.29 is 13.9 Å². The Kier molecular flexibility index (Phi) is 4.18. The van der Waals surface area contributed by atoms with E-state index in [1.807, 2.05) is 0 Å². The normalized spacial score (nSPS) is 28.3. The number of hydrogen-bond acceptors (Lipinski definition) is 1. The highest BCUT2D eigenvalue weighted by molar-refractivity contribution is 5.11. The Morgan fingerprint density at radius 3 is 2.59 bits per heavy atom. The maximum atomic E-state index is 13.1. The van der Waals surface area contributed by atoms with Crippen molar-refractivity contribution >= 4 is 0 Å². The molecule has 0 spiro atoms. The molecule has 0 heterocycles. The number of aliphatic hydroxyl groups is 1. The van der Waals surface area contributed by atoms with Crippen molar-refractivity contribution in [1.82, 2.24) is 0 Å². The SMILES string of the molecule is OC(C1=CCCCCC1)C1CCC(F)(F)CC1. The molecule has 1 fully saturated rings. The van der Waals surface area contributed by atoms with Crippen LogP contribution in [-0.4, -0.2) is 17.1 Å². The zero-order valence-corrected chi connectivity index (χ0v) is 10.3. The minimum Gasteiger partial charge on any atom is -0.388 e. The van der Waals surface area contributed by atoms with Gasteiger partial charge in [0, 0.05) is 12.8 Å². The van der Waals surface area contributed by atoms with E-state index in [1.54, 1.807) is 0 Å². The number of hydrogen-bond donors (Lipinski definition) is 1. The van der Waals surface area contributed by atoms with E-state index in [0.717, 1.165) is 24.8 Å². The molecule has 0 radical (unpaired) electrons. The van der Waals surface area contributed by atoms with Gasteiger partial charge in [-0.15, -0.1) is 0 Å². The smallest absolute Gasteiger partial charge is 0.248 e. The van der Waals surface area contributed by atoms with Crippen molar-refractivity contribution in [2.45, 2.75) is 69.8 Å². The Labute approximate surface area is 102 Å². The second kappa shape index (κ2) is 5.47. The lowest BCUT2D eigenvalue weighted by molar-refractivity contribution is -0.0584. The van der Waals surface area contributed by atoms with Gasteiger partial charge in [0.2, 0.25) is 5.92 Å². The zero-order chi connectivity index (χ0) is 12.3. The molecule has 0 amide bonds. The van der Waals surface area contributed by atoms with Crippen molar-refractivity contribution in [2.24, 2.45) is 5.92 Å². The summed E-state index contributed by atoms with van der Waals surface area (Å²) in [5.41, 5.74) is 1.11. The van der Waals surface area contributed by atoms with E-state index in [0.29, 0.717) is 12.8 Å². The third kappa shape index (κ3) is 3.51. The molecule has 3 heteroatoms. The summed E-state index contributed by atoms with van der Waals surface area (Å²) in [6.07, 6.45) is 8.03. The summed E-state index contributed by atoms with van der Waals surface area (Å²) in [6.45, 7) is 0. The van der Waals surface area contributed by atoms with Gasteiger partial charge in [0.1, 0.15) is 0 Å². The van der Waals surface area contributed by atoms with Crippen LogP contribution < -0.4 is 0 Å². The molecule has 0 saturated heterocycles. The van der Waals surface area contributed by atoms with Crippen LogP contribution in [0.15, 0.2) is 11.6 Å². The van der Waals surface area contributed by atoms with Gasteiger partial charge in [-0.05, 0) is 50.0 Å². The molecule has 17 heavy (non-hydrogen) atoms. The standard InChI is InChI=1S/C14H22F2O/c15-14(16)9-7-12(8-10-14)13(17)11-5-3-1-2-4-6-11/h5,12-13,17H,1-4,6-10H2. The van der Waals surface area contributed by atoms with Gasteiger partial charge in [-0.25, -0.2) is 8.78 Å². The molecule has 0 aromatic heterocycles. The maximum absolute atomic E-state index is 13.1. The van der Waals surface area contributed by atoms with Gasteiger partial charge in [0.15, 0.2) is 0 Å². The van der Waals surface area contributed by atoms with Crippen LogP contribution in [-0.2, 0) is 0 Å². The predicted octanol–water partition coefficient (Wildman–Crippen LogP) is 4.06. The average molecular weight is 244 g/mol. The molecule has 1 unspecified atom stereocenters. The summed E-state index contributed by atoms with van der Waals surface area (Å²) in [7, 11) is 0. The van der Waals surface area contributed by atoms with Crippen LogP contribution in [0.3, 0.4) is 0 Å². The molecule has 0 aliphatic heterocycles. The number of allylic oxidation sites excluding steroid dienone is 1. The van der Waals surface area contributed by atoms with Crippen LogP contribution in [0.5, 0.6) is 0 Å². The van der Waals surface area contributed by atoms with Gasteiger partial charge in [-0.1, -0.05) is 12.5 Å². The summed E-state index contributed by atoms with van der Waals surface area (Å²) in [5, 5.41) is 10.3. The number of rotatable bonds is 2. The van der Waals surface area contributed by atoms with Crippen LogP contribution in [0.25, 0.3) is 0 Å². The Morgan fingerprint density at radius 1 is 1.18 bits per heavy atom. The van der Waals surface area contributed by atoms with Gasteiger partial charge >= 0.3 is 0 Å². The topological polar surface area (TPSA) is 20.2 Å². The van der Waals surface area contributed by atoms with Crippen LogP contribution in [0, 0.1) is 5.92 Å². The largest absolute Gasteiger partial charge is 0.388 e. The summed E-state index contributed by atoms with van der Waals surface area (Å²) in [5.74, 6) is -2.44. The van der Waals surface area contributed by atoms with Crippen LogP contribution >= 0.6 is 0 Å². The van der Waals surface area contributed by atoms with E-state index in [-0.39, 0.29) is 18.8 Å². The quantitative estimate of drug-likeness (QED) is 0.726. The van der Waals surface area contributed by atoms with E-state index in [9.17, 15) is 13.9 Å². The monoisotopic (exact) mass is 244 g/mol. The molecule has 2 rings (SSSR count). The molecule has 2 aliphatic carbocycles. The van der Waals surface area contributed by atoms with Gasteiger partial charge in [0.25, 0.3) is 0 Å². The minimum absolute atomic E-state index is 0.0536. The van der Waals surface area contributed by atoms with Crippen molar-refractivity contribution in [3.63, 3.8) is 0 Å². The number of halogens is 2. The van der Waals surface area contributed by atoms with E-state index in [4.69, 9.17) is 0 Å². The van der Waals surface area contributed by atoms with E-state index < -0.39 is 12.0 Å². The molecule has 0 aromatic carbocycles. The van der Waals surface area contributed by atoms with Crippen molar-refractivity contribution in [2.75, 3.05) is 0 Å². The molecule has 98 valence electrons. The van der Waals surface area contributed by atoms with Gasteiger partial charge in [-0.2, -0.15) is 0 Å². The molecular formula is C14H22F2O. The molecule has 2 aliphatic rings. The lowest BCUT2D eigenvalue weighted by atomic mass is 9.80. The number of alkyl halides is 2. The first kappa shape index (κ1) is 13.0. The maximum Gasteiger partial charge on any atom is 0.248 e. The van der Waals surface area contributed by atoms with E-state index >= 15 is 0 Å². The van der Waals surface area contributed by atoms with Gasteiger partial charge in [-0.3, -0.25) is 0 Å². The molecule has 0 aromatic rings. The first-order valence-electron chi connectivity index (χ1n) is 6.83. The number of aliphatic hydroxyl groups excluding tert-OH is 1. The highest BCUT2D eigenvalue weighted by Crippen LogP contribution is 2.39. The molecule has 1 nitrogen and oxygen atoms in total. The van der Waals surface area contributed by atoms with Crippen LogP contribution in [0.1, 0.15) is 57.8 Å². The van der Waals surface area contributed by atoms with E-state index in [1.165, 1.54) is 12.8 Å². The summed E-state index contributed by atoms with van der Waals surface area (Å²) < 4.78 is 26.1. The second-order valence-corrected chi connectivity index (χ2v) is 5.52. The lowest BCUT2D eigenvalue weighted by Gasteiger charge is -2.32. The minimum atomic E-state index is -2.49. The predicted molar refractivity (Wildman–Crippen MR) is 64.1 cm³/mol. The van der Waals surface area contributed by atoms with Crippen molar-refractivity contribution in [1.29, 1.82) is 0 Å². The van der Waals surface area contributed by atoms with Gasteiger partial charge < -0.3 is 5.11 Å². The lowest BCUT2D eigenvalue weighted by Crippen LogP contribution is -2.32. The third-order valence-electron chi connectivity index (χ3n) is 4.16. The molecule has 0 bridgehead atoms. The first-order chi connectivity index (χ1) is 8.08. The Hall–Kier alpha value is -0.440. The fourth-order valence-electron chi connectivity index (χ4n) is 2.99. The van der Waals surface area contributed by atoms with E-state index in [2.05, 4.69) is 6.08 Å². The van der Waals surface area contributed by atoms with Crippen molar-refractivity contribution in [3.8, 4) is 0 Å². The zero-order valence-electron chi connectivity index (χ0n) is 10.3. The fraction of sp³-hybridized carbons (Fsp3) is 0.857. The van der Waals surface area contributed by atoms with Crippen molar-refractivity contribution in [3.05, 3.63) is 11.6 Å². The van der Waals surface area contributed by atoms with Crippen LogP contribution in [0.2, 0.25) is 0 Å².